The fourth-order valence-corrected chi connectivity index (χ4v) is 9.67. The Morgan fingerprint density at radius 2 is 1.82 bits per heavy atom. The normalized spacial score (nSPS) is 24.7. The second-order valence-electron chi connectivity index (χ2n) is 17.9. The lowest BCUT2D eigenvalue weighted by atomic mass is 10.0. The minimum absolute atomic E-state index is 0.0292. The molecular weight excluding hydrogens is 809 g/mol. The molecule has 5 atom stereocenters. The number of aryl methyl sites for hydroxylation is 1. The zero-order chi connectivity index (χ0) is 43.9. The molecule has 6 rings (SSSR count). The quantitative estimate of drug-likeness (QED) is 0.224. The van der Waals surface area contributed by atoms with Crippen LogP contribution in [0.5, 0.6) is 6.01 Å². The Morgan fingerprint density at radius 1 is 1.08 bits per heavy atom. The van der Waals surface area contributed by atoms with E-state index in [4.69, 9.17) is 19.4 Å². The second-order valence-corrected chi connectivity index (χ2v) is 21.0. The van der Waals surface area contributed by atoms with Gasteiger partial charge in [0.1, 0.15) is 39.9 Å². The maximum Gasteiger partial charge on any atom is 0.408 e. The molecule has 328 valence electrons. The van der Waals surface area contributed by atoms with Gasteiger partial charge in [-0.15, -0.1) is 11.3 Å². The van der Waals surface area contributed by atoms with Crippen molar-refractivity contribution in [2.24, 2.45) is 5.92 Å². The Kier molecular flexibility index (Phi) is 13.1. The summed E-state index contributed by atoms with van der Waals surface area (Å²) in [6.07, 6.45) is 5.61. The highest BCUT2D eigenvalue weighted by Gasteiger charge is 2.62. The number of amides is 4. The van der Waals surface area contributed by atoms with E-state index in [1.54, 1.807) is 32.1 Å². The van der Waals surface area contributed by atoms with Crippen LogP contribution in [-0.4, -0.2) is 106 Å². The molecule has 16 nitrogen and oxygen atoms in total. The van der Waals surface area contributed by atoms with Crippen LogP contribution in [0.25, 0.3) is 21.6 Å². The lowest BCUT2D eigenvalue weighted by Crippen LogP contribution is -2.58. The van der Waals surface area contributed by atoms with Crippen LogP contribution in [-0.2, 0) is 29.3 Å². The number of imidazole rings is 1. The number of para-hydroxylation sites is 1. The number of hydrogen-bond acceptors (Lipinski definition) is 11. The highest BCUT2D eigenvalue weighted by Crippen LogP contribution is 2.46. The van der Waals surface area contributed by atoms with Gasteiger partial charge >= 0.3 is 16.3 Å². The van der Waals surface area contributed by atoms with E-state index in [0.717, 1.165) is 43.8 Å². The van der Waals surface area contributed by atoms with E-state index < -0.39 is 69.3 Å². The van der Waals surface area contributed by atoms with E-state index >= 15 is 0 Å². The van der Waals surface area contributed by atoms with Gasteiger partial charge < -0.3 is 25.0 Å². The summed E-state index contributed by atoms with van der Waals surface area (Å²) in [4.78, 5) is 68.7. The SMILES string of the molecule is Cc1sc(-c2cccc3c2nc(O[C@@H]2C[C@H]4C(=O)N[C@]5(C(=O)NS(=O)(=O)N(C)C)C[C@H]5/C=C\CCCCC[C@H](NC(=O)OC(C)(C)C)C(=O)N4C2)n3C(C)C)nc1C(C)C. The number of alkyl carbamates (subject to hydrolysis) is 1. The molecule has 0 spiro atoms. The van der Waals surface area contributed by atoms with Crippen molar-refractivity contribution < 1.29 is 37.1 Å². The Balaban J connectivity index is 1.37. The molecule has 2 fully saturated rings. The van der Waals surface area contributed by atoms with Gasteiger partial charge in [0.05, 0.1) is 17.8 Å². The highest BCUT2D eigenvalue weighted by atomic mass is 32.2. The Labute approximate surface area is 357 Å². The van der Waals surface area contributed by atoms with Gasteiger partial charge in [-0.3, -0.25) is 19.0 Å². The van der Waals surface area contributed by atoms with Crippen LogP contribution in [0.15, 0.2) is 30.4 Å². The molecule has 2 aromatic heterocycles. The molecular formula is C42H60N8O8S2. The molecule has 4 heterocycles. The molecule has 1 aliphatic carbocycles. The summed E-state index contributed by atoms with van der Waals surface area (Å²) in [5.74, 6) is -2.22. The Morgan fingerprint density at radius 3 is 2.47 bits per heavy atom. The molecule has 60 heavy (non-hydrogen) atoms. The molecule has 3 aliphatic rings. The van der Waals surface area contributed by atoms with E-state index in [9.17, 15) is 27.6 Å². The van der Waals surface area contributed by atoms with Gasteiger partial charge in [-0.25, -0.2) is 14.5 Å². The summed E-state index contributed by atoms with van der Waals surface area (Å²) in [5.41, 5.74) is 1.07. The number of nitrogens with one attached hydrogen (secondary N) is 3. The molecule has 0 radical (unpaired) electrons. The molecule has 0 unspecified atom stereocenters. The molecule has 1 aromatic carbocycles. The molecule has 2 aliphatic heterocycles. The van der Waals surface area contributed by atoms with Crippen molar-refractivity contribution in [1.29, 1.82) is 0 Å². The average Bonchev–Trinajstić information content (AvgIpc) is 3.42. The minimum atomic E-state index is -4.18. The van der Waals surface area contributed by atoms with E-state index in [-0.39, 0.29) is 31.3 Å². The number of fused-ring (bicyclic) bond motifs is 3. The Hall–Kier alpha value is -4.55. The lowest BCUT2D eigenvalue weighted by Gasteiger charge is -2.30. The van der Waals surface area contributed by atoms with Gasteiger partial charge in [0, 0.05) is 42.9 Å². The van der Waals surface area contributed by atoms with Crippen molar-refractivity contribution >= 4 is 56.4 Å². The van der Waals surface area contributed by atoms with Crippen LogP contribution in [0.4, 0.5) is 4.79 Å². The number of benzene rings is 1. The van der Waals surface area contributed by atoms with Crippen LogP contribution in [0.1, 0.15) is 116 Å². The number of carbonyl (C=O) groups is 4. The number of hydrogen-bond donors (Lipinski definition) is 3. The average molecular weight is 869 g/mol. The van der Waals surface area contributed by atoms with E-state index in [2.05, 4.69) is 36.1 Å². The van der Waals surface area contributed by atoms with E-state index in [1.165, 1.54) is 19.0 Å². The third kappa shape index (κ3) is 9.65. The summed E-state index contributed by atoms with van der Waals surface area (Å²) in [6, 6.07) is 4.01. The first kappa shape index (κ1) is 45.0. The van der Waals surface area contributed by atoms with Gasteiger partial charge in [-0.2, -0.15) is 17.7 Å². The second kappa shape index (κ2) is 17.4. The highest BCUT2D eigenvalue weighted by molar-refractivity contribution is 7.87. The topological polar surface area (TPSA) is 194 Å². The largest absolute Gasteiger partial charge is 0.459 e. The third-order valence-corrected chi connectivity index (χ3v) is 13.5. The molecule has 1 saturated heterocycles. The van der Waals surface area contributed by atoms with Crippen LogP contribution < -0.4 is 20.1 Å². The number of rotatable bonds is 9. The molecule has 18 heteroatoms. The van der Waals surface area contributed by atoms with E-state index in [1.807, 2.05) is 48.8 Å². The zero-order valence-corrected chi connectivity index (χ0v) is 38.0. The first-order chi connectivity index (χ1) is 28.1. The fraction of sp³-hybridized carbons (Fsp3) is 0.619. The van der Waals surface area contributed by atoms with Gasteiger partial charge in [-0.1, -0.05) is 44.9 Å². The summed E-state index contributed by atoms with van der Waals surface area (Å²) in [6.45, 7) is 15.5. The predicted octanol–water partition coefficient (Wildman–Crippen LogP) is 5.73. The van der Waals surface area contributed by atoms with E-state index in [0.29, 0.717) is 30.8 Å². The van der Waals surface area contributed by atoms with Crippen LogP contribution in [0.2, 0.25) is 0 Å². The maximum absolute atomic E-state index is 14.7. The zero-order valence-electron chi connectivity index (χ0n) is 36.3. The summed E-state index contributed by atoms with van der Waals surface area (Å²) < 4.78 is 42.8. The van der Waals surface area contributed by atoms with Crippen molar-refractivity contribution in [2.75, 3.05) is 20.6 Å². The van der Waals surface area contributed by atoms with Crippen LogP contribution in [0, 0.1) is 12.8 Å². The molecule has 4 amide bonds. The standard InChI is InChI=1S/C42H60N8O8S2/c1-24(2)33-26(5)59-36(44-33)29-18-16-20-31-34(29)45-39(50(31)25(3)4)57-28-21-32-35(51)46-42(38(53)47-60(55,56)48(9)10)22-27(42)17-14-12-11-13-15-19-30(37(52)49(32)23-28)43-40(54)58-41(6,7)8/h14,16-18,20,24-25,27-28,30,32H,11-13,15,19,21-23H2,1-10H3,(H,43,54)(H,46,51)(H,47,53)/b17-14-/t27-,28-,30+,32+,42-/m1/s1. The van der Waals surface area contributed by atoms with Crippen molar-refractivity contribution in [3.8, 4) is 16.6 Å². The number of aromatic nitrogens is 3. The van der Waals surface area contributed by atoms with Crippen molar-refractivity contribution in [2.45, 2.75) is 142 Å². The summed E-state index contributed by atoms with van der Waals surface area (Å²) in [5, 5.41) is 6.50. The summed E-state index contributed by atoms with van der Waals surface area (Å²) >= 11 is 1.61. The van der Waals surface area contributed by atoms with Crippen molar-refractivity contribution in [1.82, 2.24) is 39.1 Å². The van der Waals surface area contributed by atoms with Crippen molar-refractivity contribution in [3.05, 3.63) is 40.9 Å². The van der Waals surface area contributed by atoms with Gasteiger partial charge in [0.2, 0.25) is 11.8 Å². The van der Waals surface area contributed by atoms with Crippen molar-refractivity contribution in [3.63, 3.8) is 0 Å². The number of thiazole rings is 1. The third-order valence-electron chi connectivity index (χ3n) is 11.1. The Bertz CT molecular complexity index is 2260. The maximum atomic E-state index is 14.7. The van der Waals surface area contributed by atoms with Crippen LogP contribution >= 0.6 is 11.3 Å². The molecule has 1 saturated carbocycles. The van der Waals surface area contributed by atoms with Gasteiger partial charge in [-0.05, 0) is 85.3 Å². The first-order valence-electron chi connectivity index (χ1n) is 20.8. The molecule has 0 bridgehead atoms. The number of carbonyl (C=O) groups excluding carboxylic acids is 4. The predicted molar refractivity (Wildman–Crippen MR) is 230 cm³/mol. The summed E-state index contributed by atoms with van der Waals surface area (Å²) in [7, 11) is -1.58. The fourth-order valence-electron chi connectivity index (χ4n) is 7.97. The lowest BCUT2D eigenvalue weighted by molar-refractivity contribution is -0.141. The van der Waals surface area contributed by atoms with Crippen LogP contribution in [0.3, 0.4) is 0 Å². The molecule has 3 N–H and O–H groups in total. The molecule has 3 aromatic rings. The number of allylic oxidation sites excluding steroid dienone is 1. The number of nitrogens with zero attached hydrogens (tertiary/aromatic N) is 5. The monoisotopic (exact) mass is 868 g/mol. The number of ether oxygens (including phenoxy) is 2. The van der Waals surface area contributed by atoms with Gasteiger partial charge in [0.25, 0.3) is 11.9 Å². The minimum Gasteiger partial charge on any atom is -0.459 e. The smallest absolute Gasteiger partial charge is 0.408 e. The first-order valence-corrected chi connectivity index (χ1v) is 23.1. The van der Waals surface area contributed by atoms with Gasteiger partial charge in [0.15, 0.2) is 0 Å².